The molecule has 0 radical (unpaired) electrons. The highest BCUT2D eigenvalue weighted by Gasteiger charge is 2.43. The molecule has 1 aliphatic rings. The fraction of sp³-hybridized carbons (Fsp3) is 0.714. The van der Waals surface area contributed by atoms with Crippen LogP contribution in [-0.4, -0.2) is 35.1 Å². The monoisotopic (exact) mass is 173 g/mol. The van der Waals surface area contributed by atoms with Crippen molar-refractivity contribution in [3.8, 4) is 0 Å². The van der Waals surface area contributed by atoms with E-state index in [0.717, 1.165) is 13.1 Å². The summed E-state index contributed by atoms with van der Waals surface area (Å²) in [6, 6.07) is 0. The lowest BCUT2D eigenvalue weighted by Gasteiger charge is -2.25. The molecular weight excluding hydrogens is 160 g/mol. The lowest BCUT2D eigenvalue weighted by molar-refractivity contribution is -0.753. The van der Waals surface area contributed by atoms with E-state index in [-0.39, 0.29) is 5.91 Å². The molecule has 0 aliphatic carbocycles. The quantitative estimate of drug-likeness (QED) is 0.479. The number of carbonyl (C=O) groups is 1. The van der Waals surface area contributed by atoms with Gasteiger partial charge in [0.25, 0.3) is 5.11 Å². The summed E-state index contributed by atoms with van der Waals surface area (Å²) < 4.78 is 0.343. The number of carbonyl (C=O) groups excluding carboxylic acids is 1. The van der Waals surface area contributed by atoms with E-state index in [1.807, 2.05) is 13.8 Å². The fourth-order valence-corrected chi connectivity index (χ4v) is 1.86. The van der Waals surface area contributed by atoms with Crippen molar-refractivity contribution in [2.45, 2.75) is 13.8 Å². The zero-order valence-electron chi connectivity index (χ0n) is 6.89. The Labute approximate surface area is 72.0 Å². The predicted molar refractivity (Wildman–Crippen MR) is 47.0 cm³/mol. The van der Waals surface area contributed by atoms with E-state index in [2.05, 4.69) is 5.32 Å². The highest BCUT2D eigenvalue weighted by Crippen LogP contribution is 2.12. The largest absolute Gasteiger partial charge is 0.340 e. The number of hydrogen-bond acceptors (Lipinski definition) is 2. The van der Waals surface area contributed by atoms with Crippen molar-refractivity contribution in [2.24, 2.45) is 0 Å². The molecule has 0 saturated carbocycles. The SMILES string of the molecule is CC[N+]1(CC)C(=O)CNC1=S. The molecule has 0 atom stereocenters. The normalized spacial score (nSPS) is 22.0. The molecule has 1 N–H and O–H groups in total. The minimum atomic E-state index is 0.194. The smallest absolute Gasteiger partial charge is 0.318 e. The molecule has 4 heteroatoms. The Bertz CT molecular complexity index is 181. The van der Waals surface area contributed by atoms with E-state index < -0.39 is 0 Å². The average molecular weight is 173 g/mol. The highest BCUT2D eigenvalue weighted by molar-refractivity contribution is 7.80. The van der Waals surface area contributed by atoms with Gasteiger partial charge in [-0.25, -0.2) is 9.28 Å². The molecule has 0 spiro atoms. The molecule has 0 aromatic heterocycles. The third-order valence-electron chi connectivity index (χ3n) is 2.34. The zero-order valence-corrected chi connectivity index (χ0v) is 7.70. The second-order valence-electron chi connectivity index (χ2n) is 2.65. The van der Waals surface area contributed by atoms with Crippen molar-refractivity contribution < 1.29 is 9.28 Å². The van der Waals surface area contributed by atoms with Crippen LogP contribution in [-0.2, 0) is 4.79 Å². The number of quaternary nitrogens is 1. The van der Waals surface area contributed by atoms with Gasteiger partial charge in [0.05, 0.1) is 13.1 Å². The van der Waals surface area contributed by atoms with Crippen LogP contribution in [0.25, 0.3) is 0 Å². The first-order chi connectivity index (χ1) is 5.17. The maximum absolute atomic E-state index is 11.4. The first-order valence-corrected chi connectivity index (χ1v) is 4.27. The number of nitrogens with one attached hydrogen (secondary N) is 1. The van der Waals surface area contributed by atoms with Crippen molar-refractivity contribution in [3.63, 3.8) is 0 Å². The van der Waals surface area contributed by atoms with Gasteiger partial charge in [-0.1, -0.05) is 0 Å². The van der Waals surface area contributed by atoms with Gasteiger partial charge >= 0.3 is 5.91 Å². The van der Waals surface area contributed by atoms with Crippen LogP contribution in [0.1, 0.15) is 13.8 Å². The Balaban J connectivity index is 2.94. The lowest BCUT2D eigenvalue weighted by atomic mass is 10.4. The summed E-state index contributed by atoms with van der Waals surface area (Å²) in [6.45, 7) is 5.91. The van der Waals surface area contributed by atoms with Gasteiger partial charge < -0.3 is 5.32 Å². The summed E-state index contributed by atoms with van der Waals surface area (Å²) in [5, 5.41) is 3.60. The molecular formula is C7H13N2OS+. The molecule has 0 unspecified atom stereocenters. The van der Waals surface area contributed by atoms with E-state index in [1.165, 1.54) is 0 Å². The Hall–Kier alpha value is -0.480. The third kappa shape index (κ3) is 1.06. The average Bonchev–Trinajstić information content (AvgIpc) is 2.29. The van der Waals surface area contributed by atoms with E-state index >= 15 is 0 Å². The van der Waals surface area contributed by atoms with Crippen molar-refractivity contribution in [1.82, 2.24) is 5.32 Å². The molecule has 1 amide bonds. The molecule has 1 rings (SSSR count). The lowest BCUT2D eigenvalue weighted by Crippen LogP contribution is -2.52. The second kappa shape index (κ2) is 2.87. The number of nitrogens with zero attached hydrogens (tertiary/aromatic N) is 1. The second-order valence-corrected chi connectivity index (χ2v) is 3.04. The van der Waals surface area contributed by atoms with Crippen LogP contribution in [0.15, 0.2) is 0 Å². The van der Waals surface area contributed by atoms with E-state index in [9.17, 15) is 4.79 Å². The summed E-state index contributed by atoms with van der Waals surface area (Å²) in [5.74, 6) is 0.194. The molecule has 0 aromatic rings. The van der Waals surface area contributed by atoms with Gasteiger partial charge in [0, 0.05) is 12.2 Å². The molecule has 62 valence electrons. The Morgan fingerprint density at radius 2 is 2.09 bits per heavy atom. The van der Waals surface area contributed by atoms with Crippen molar-refractivity contribution in [2.75, 3.05) is 19.6 Å². The van der Waals surface area contributed by atoms with Crippen molar-refractivity contribution in [3.05, 3.63) is 0 Å². The Kier molecular flexibility index (Phi) is 2.25. The maximum Gasteiger partial charge on any atom is 0.340 e. The maximum atomic E-state index is 11.4. The Morgan fingerprint density at radius 3 is 2.27 bits per heavy atom. The summed E-state index contributed by atoms with van der Waals surface area (Å²) in [4.78, 5) is 11.4. The molecule has 11 heavy (non-hydrogen) atoms. The topological polar surface area (TPSA) is 29.1 Å². The van der Waals surface area contributed by atoms with Crippen LogP contribution >= 0.6 is 12.2 Å². The molecule has 0 aromatic carbocycles. The van der Waals surface area contributed by atoms with Crippen molar-refractivity contribution >= 4 is 23.2 Å². The summed E-state index contributed by atoms with van der Waals surface area (Å²) in [7, 11) is 0. The minimum Gasteiger partial charge on any atom is -0.318 e. The number of thiocarbonyl (C=S) groups is 1. The van der Waals surface area contributed by atoms with E-state index in [0.29, 0.717) is 16.1 Å². The van der Waals surface area contributed by atoms with Crippen LogP contribution in [0.2, 0.25) is 0 Å². The van der Waals surface area contributed by atoms with Gasteiger partial charge in [0.2, 0.25) is 0 Å². The first kappa shape index (κ1) is 8.62. The van der Waals surface area contributed by atoms with Gasteiger partial charge in [-0.05, 0) is 13.8 Å². The standard InChI is InChI=1S/C7H12N2OS/c1-3-9(4-2)6(10)5-8-7(9)11/h3-5H2,1-2H3/p+1. The number of hydrogen-bond donors (Lipinski definition) is 1. The number of amides is 1. The van der Waals surface area contributed by atoms with Gasteiger partial charge in [0.15, 0.2) is 0 Å². The van der Waals surface area contributed by atoms with Gasteiger partial charge in [-0.2, -0.15) is 0 Å². The minimum absolute atomic E-state index is 0.194. The van der Waals surface area contributed by atoms with Crippen molar-refractivity contribution in [1.29, 1.82) is 0 Å². The molecule has 3 nitrogen and oxygen atoms in total. The van der Waals surface area contributed by atoms with Gasteiger partial charge in [-0.15, -0.1) is 0 Å². The van der Waals surface area contributed by atoms with Crippen LogP contribution in [0.3, 0.4) is 0 Å². The van der Waals surface area contributed by atoms with Gasteiger partial charge in [-0.3, -0.25) is 0 Å². The molecule has 1 fully saturated rings. The van der Waals surface area contributed by atoms with Crippen LogP contribution in [0.4, 0.5) is 0 Å². The van der Waals surface area contributed by atoms with Crippen LogP contribution in [0, 0.1) is 0 Å². The Morgan fingerprint density at radius 1 is 1.55 bits per heavy atom. The summed E-state index contributed by atoms with van der Waals surface area (Å²) >= 11 is 5.07. The van der Waals surface area contributed by atoms with Crippen LogP contribution < -0.4 is 5.32 Å². The number of likely N-dealkylation sites (N-methyl/N-ethyl adjacent to an activating group) is 1. The summed E-state index contributed by atoms with van der Waals surface area (Å²) in [6.07, 6.45) is 0. The molecule has 1 aliphatic heterocycles. The van der Waals surface area contributed by atoms with E-state index in [4.69, 9.17) is 12.2 Å². The fourth-order valence-electron chi connectivity index (χ4n) is 1.43. The first-order valence-electron chi connectivity index (χ1n) is 3.86. The third-order valence-corrected chi connectivity index (χ3v) is 2.83. The number of rotatable bonds is 2. The summed E-state index contributed by atoms with van der Waals surface area (Å²) in [5.41, 5.74) is 0. The zero-order chi connectivity index (χ0) is 8.48. The molecule has 1 heterocycles. The molecule has 0 bridgehead atoms. The van der Waals surface area contributed by atoms with Crippen LogP contribution in [0.5, 0.6) is 0 Å². The van der Waals surface area contributed by atoms with E-state index in [1.54, 1.807) is 0 Å². The predicted octanol–water partition coefficient (Wildman–Crippen LogP) is 0.258. The molecule has 1 saturated heterocycles. The highest BCUT2D eigenvalue weighted by atomic mass is 32.1. The van der Waals surface area contributed by atoms with Gasteiger partial charge in [0.1, 0.15) is 6.54 Å².